The van der Waals surface area contributed by atoms with Gasteiger partial charge in [0.05, 0.1) is 0 Å². The maximum atomic E-state index is 11.6. The second-order valence-electron chi connectivity index (χ2n) is 8.43. The molecule has 0 unspecified atom stereocenters. The smallest absolute Gasteiger partial charge is 0.298 e. The van der Waals surface area contributed by atoms with Crippen molar-refractivity contribution >= 4 is 10.1 Å². The lowest BCUT2D eigenvalue weighted by atomic mass is 10.0. The molecule has 0 spiro atoms. The second-order valence-corrected chi connectivity index (χ2v) is 9.82. The number of benzene rings is 2. The molecular weight excluding hydrogens is 424 g/mol. The third kappa shape index (κ3) is 9.21. The van der Waals surface area contributed by atoms with E-state index < -0.39 is 20.8 Å². The first-order chi connectivity index (χ1) is 15.4. The van der Waals surface area contributed by atoms with E-state index in [0.29, 0.717) is 12.2 Å². The van der Waals surface area contributed by atoms with Gasteiger partial charge in [-0.05, 0) is 36.6 Å². The normalized spacial score (nSPS) is 11.6. The molecule has 0 aliphatic carbocycles. The fourth-order valence-electron chi connectivity index (χ4n) is 3.88. The molecule has 0 saturated heterocycles. The first kappa shape index (κ1) is 26.2. The average Bonchev–Trinajstić information content (AvgIpc) is 2.76. The number of para-hydroxylation sites is 1. The Labute approximate surface area is 193 Å². The van der Waals surface area contributed by atoms with Gasteiger partial charge >= 0.3 is 0 Å². The van der Waals surface area contributed by atoms with Crippen LogP contribution in [0.5, 0.6) is 17.2 Å². The molecule has 2 rings (SSSR count). The Bertz CT molecular complexity index is 894. The zero-order valence-corrected chi connectivity index (χ0v) is 20.1. The van der Waals surface area contributed by atoms with Crippen molar-refractivity contribution < 1.29 is 22.8 Å². The highest BCUT2D eigenvalue weighted by Gasteiger charge is 2.22. The first-order valence-electron chi connectivity index (χ1n) is 12.0. The number of phenols is 1. The molecule has 6 heteroatoms. The molecule has 0 atom stereocenters. The van der Waals surface area contributed by atoms with Crippen LogP contribution in [-0.2, 0) is 16.5 Å². The molecule has 0 aromatic heterocycles. The Kier molecular flexibility index (Phi) is 11.6. The first-order valence-corrected chi connectivity index (χ1v) is 13.4. The summed E-state index contributed by atoms with van der Waals surface area (Å²) in [5, 5.41) is 10.5. The van der Waals surface area contributed by atoms with Crippen LogP contribution in [0.1, 0.15) is 89.5 Å². The summed E-state index contributed by atoms with van der Waals surface area (Å²) in [6.07, 6.45) is 15.7. The van der Waals surface area contributed by atoms with Gasteiger partial charge < -0.3 is 9.84 Å². The van der Waals surface area contributed by atoms with E-state index >= 15 is 0 Å². The summed E-state index contributed by atoms with van der Waals surface area (Å²) >= 11 is 0. The number of aromatic hydroxyl groups is 1. The lowest BCUT2D eigenvalue weighted by molar-refractivity contribution is 0.391. The lowest BCUT2D eigenvalue weighted by Crippen LogP contribution is -2.02. The SMILES string of the molecule is CCCCCCCCCCCCCCc1ccc(S(=O)(=O)O)c(O)c1Oc1ccccc1. The molecule has 2 N–H and O–H groups in total. The van der Waals surface area contributed by atoms with E-state index in [0.717, 1.165) is 18.4 Å². The molecule has 0 radical (unpaired) electrons. The third-order valence-electron chi connectivity index (χ3n) is 5.72. The number of rotatable bonds is 16. The monoisotopic (exact) mass is 462 g/mol. The van der Waals surface area contributed by atoms with E-state index in [1.165, 1.54) is 70.3 Å². The van der Waals surface area contributed by atoms with Gasteiger partial charge in [0.25, 0.3) is 10.1 Å². The van der Waals surface area contributed by atoms with Gasteiger partial charge in [-0.2, -0.15) is 8.42 Å². The summed E-state index contributed by atoms with van der Waals surface area (Å²) in [5.41, 5.74) is 0.728. The van der Waals surface area contributed by atoms with Gasteiger partial charge in [0.1, 0.15) is 10.6 Å². The van der Waals surface area contributed by atoms with Gasteiger partial charge in [-0.3, -0.25) is 4.55 Å². The summed E-state index contributed by atoms with van der Waals surface area (Å²) in [6, 6.07) is 11.7. The average molecular weight is 463 g/mol. The summed E-state index contributed by atoms with van der Waals surface area (Å²) in [4.78, 5) is -0.540. The van der Waals surface area contributed by atoms with Gasteiger partial charge in [0, 0.05) is 0 Å². The highest BCUT2D eigenvalue weighted by Crippen LogP contribution is 2.40. The fourth-order valence-corrected chi connectivity index (χ4v) is 4.45. The highest BCUT2D eigenvalue weighted by molar-refractivity contribution is 7.86. The van der Waals surface area contributed by atoms with Crippen LogP contribution in [0, 0.1) is 0 Å². The highest BCUT2D eigenvalue weighted by atomic mass is 32.2. The largest absolute Gasteiger partial charge is 0.503 e. The molecule has 0 aliphatic heterocycles. The standard InChI is InChI=1S/C26H38O5S/c1-2-3-4-5-6-7-8-9-10-11-12-14-17-22-20-21-24(32(28,29)30)25(27)26(22)31-23-18-15-13-16-19-23/h13,15-16,18-21,27H,2-12,14,17H2,1H3,(H,28,29,30). The minimum Gasteiger partial charge on any atom is -0.503 e. The number of phenolic OH excluding ortho intramolecular Hbond substituents is 1. The third-order valence-corrected chi connectivity index (χ3v) is 6.60. The molecule has 0 heterocycles. The fraction of sp³-hybridized carbons (Fsp3) is 0.538. The van der Waals surface area contributed by atoms with Crippen molar-refractivity contribution in [2.24, 2.45) is 0 Å². The van der Waals surface area contributed by atoms with E-state index in [-0.39, 0.29) is 5.75 Å². The minimum absolute atomic E-state index is 0.0920. The Hall–Kier alpha value is -2.05. The number of unbranched alkanes of at least 4 members (excludes halogenated alkanes) is 11. The number of hydrogen-bond donors (Lipinski definition) is 2. The van der Waals surface area contributed by atoms with Crippen molar-refractivity contribution in [3.05, 3.63) is 48.0 Å². The summed E-state index contributed by atoms with van der Waals surface area (Å²) in [7, 11) is -4.54. The van der Waals surface area contributed by atoms with Crippen molar-refractivity contribution in [2.75, 3.05) is 0 Å². The molecule has 0 amide bonds. The van der Waals surface area contributed by atoms with Crippen LogP contribution < -0.4 is 4.74 Å². The van der Waals surface area contributed by atoms with Crippen LogP contribution in [0.3, 0.4) is 0 Å². The lowest BCUT2D eigenvalue weighted by Gasteiger charge is -2.15. The number of ether oxygens (including phenoxy) is 1. The molecule has 0 bridgehead atoms. The zero-order valence-electron chi connectivity index (χ0n) is 19.3. The Balaban J connectivity index is 1.83. The van der Waals surface area contributed by atoms with Gasteiger partial charge in [0.2, 0.25) is 0 Å². The predicted octanol–water partition coefficient (Wildman–Crippen LogP) is 7.67. The quantitative estimate of drug-likeness (QED) is 0.197. The zero-order chi connectivity index (χ0) is 23.2. The van der Waals surface area contributed by atoms with Crippen LogP contribution >= 0.6 is 0 Å². The van der Waals surface area contributed by atoms with Gasteiger partial charge in [-0.25, -0.2) is 0 Å². The van der Waals surface area contributed by atoms with Crippen molar-refractivity contribution in [2.45, 2.75) is 95.3 Å². The minimum atomic E-state index is -4.54. The van der Waals surface area contributed by atoms with Crippen molar-refractivity contribution in [3.63, 3.8) is 0 Å². The Morgan fingerprint density at radius 2 is 1.28 bits per heavy atom. The Morgan fingerprint density at radius 3 is 1.81 bits per heavy atom. The van der Waals surface area contributed by atoms with E-state index in [2.05, 4.69) is 6.92 Å². The van der Waals surface area contributed by atoms with Crippen LogP contribution in [0.15, 0.2) is 47.4 Å². The molecule has 32 heavy (non-hydrogen) atoms. The van der Waals surface area contributed by atoms with Gasteiger partial charge in [0.15, 0.2) is 11.5 Å². The summed E-state index contributed by atoms with van der Waals surface area (Å²) < 4.78 is 38.4. The number of hydrogen-bond acceptors (Lipinski definition) is 4. The molecule has 0 saturated carbocycles. The molecule has 178 valence electrons. The van der Waals surface area contributed by atoms with Crippen molar-refractivity contribution in [1.29, 1.82) is 0 Å². The maximum Gasteiger partial charge on any atom is 0.298 e. The molecule has 5 nitrogen and oxygen atoms in total. The Morgan fingerprint density at radius 1 is 0.750 bits per heavy atom. The van der Waals surface area contributed by atoms with Crippen LogP contribution in [-0.4, -0.2) is 18.1 Å². The van der Waals surface area contributed by atoms with E-state index in [4.69, 9.17) is 4.74 Å². The van der Waals surface area contributed by atoms with Crippen LogP contribution in [0.4, 0.5) is 0 Å². The summed E-state index contributed by atoms with van der Waals surface area (Å²) in [5.74, 6) is 0.0356. The molecular formula is C26H38O5S. The van der Waals surface area contributed by atoms with Crippen molar-refractivity contribution in [3.8, 4) is 17.2 Å². The van der Waals surface area contributed by atoms with Gasteiger partial charge in [-0.1, -0.05) is 102 Å². The predicted molar refractivity (Wildman–Crippen MR) is 129 cm³/mol. The van der Waals surface area contributed by atoms with Gasteiger partial charge in [-0.15, -0.1) is 0 Å². The van der Waals surface area contributed by atoms with Crippen LogP contribution in [0.25, 0.3) is 0 Å². The van der Waals surface area contributed by atoms with E-state index in [1.54, 1.807) is 30.3 Å². The van der Waals surface area contributed by atoms with E-state index in [9.17, 15) is 18.1 Å². The molecule has 0 fully saturated rings. The second kappa shape index (κ2) is 14.2. The summed E-state index contributed by atoms with van der Waals surface area (Å²) in [6.45, 7) is 2.24. The van der Waals surface area contributed by atoms with Crippen LogP contribution in [0.2, 0.25) is 0 Å². The topological polar surface area (TPSA) is 83.8 Å². The molecule has 2 aromatic carbocycles. The molecule has 2 aromatic rings. The van der Waals surface area contributed by atoms with Crippen molar-refractivity contribution in [1.82, 2.24) is 0 Å². The number of aryl methyl sites for hydroxylation is 1. The molecule has 0 aliphatic rings. The maximum absolute atomic E-state index is 11.6. The van der Waals surface area contributed by atoms with E-state index in [1.807, 2.05) is 6.07 Å².